The smallest absolute Gasteiger partial charge is 0.326 e. The van der Waals surface area contributed by atoms with E-state index < -0.39 is 16.3 Å². The van der Waals surface area contributed by atoms with Crippen molar-refractivity contribution in [2.45, 2.75) is 6.10 Å². The molecule has 0 saturated carbocycles. The van der Waals surface area contributed by atoms with Crippen LogP contribution in [0.4, 0.5) is 11.4 Å². The van der Waals surface area contributed by atoms with E-state index in [0.29, 0.717) is 22.9 Å². The molecule has 2 aromatic rings. The number of carbonyl (C=O) groups is 1. The van der Waals surface area contributed by atoms with Crippen molar-refractivity contribution in [3.05, 3.63) is 48.5 Å². The topological polar surface area (TPSA) is 88.2 Å². The Kier molecular flexibility index (Phi) is 4.31. The molecule has 2 aliphatic rings. The molecule has 1 atom stereocenters. The number of ether oxygens (including phenoxy) is 2. The van der Waals surface area contributed by atoms with Crippen molar-refractivity contribution in [3.63, 3.8) is 0 Å². The number of benzene rings is 2. The summed E-state index contributed by atoms with van der Waals surface area (Å²) in [6, 6.07) is 14.2. The maximum Gasteiger partial charge on any atom is 0.326 e. The third kappa shape index (κ3) is 3.03. The van der Waals surface area contributed by atoms with Gasteiger partial charge in [0.2, 0.25) is 6.10 Å². The molecule has 27 heavy (non-hydrogen) atoms. The third-order valence-electron chi connectivity index (χ3n) is 4.53. The van der Waals surface area contributed by atoms with Gasteiger partial charge in [-0.1, -0.05) is 24.3 Å². The summed E-state index contributed by atoms with van der Waals surface area (Å²) in [6.45, 7) is 0.387. The summed E-state index contributed by atoms with van der Waals surface area (Å²) in [5.41, 5.74) is 1.21. The quantitative estimate of drug-likeness (QED) is 0.847. The van der Waals surface area contributed by atoms with Gasteiger partial charge in [-0.15, -0.1) is 0 Å². The molecule has 9 heteroatoms. The average molecular weight is 389 g/mol. The minimum absolute atomic E-state index is 0.108. The fourth-order valence-electron chi connectivity index (χ4n) is 3.12. The van der Waals surface area contributed by atoms with Crippen molar-refractivity contribution in [3.8, 4) is 11.5 Å². The maximum atomic E-state index is 12.6. The van der Waals surface area contributed by atoms with E-state index in [1.54, 1.807) is 42.5 Å². The van der Waals surface area contributed by atoms with Gasteiger partial charge in [-0.3, -0.25) is 9.10 Å². The Morgan fingerprint density at radius 1 is 1.11 bits per heavy atom. The Bertz CT molecular complexity index is 978. The van der Waals surface area contributed by atoms with Gasteiger partial charge in [0, 0.05) is 13.6 Å². The van der Waals surface area contributed by atoms with Crippen LogP contribution in [0, 0.1) is 0 Å². The fourth-order valence-corrected chi connectivity index (χ4v) is 4.54. The van der Waals surface area contributed by atoms with Gasteiger partial charge in [0.15, 0.2) is 11.5 Å². The van der Waals surface area contributed by atoms with Crippen LogP contribution in [-0.2, 0) is 15.0 Å². The first-order valence-electron chi connectivity index (χ1n) is 8.50. The number of nitrogens with one attached hydrogen (secondary N) is 1. The molecule has 1 amide bonds. The van der Waals surface area contributed by atoms with E-state index in [0.717, 1.165) is 0 Å². The van der Waals surface area contributed by atoms with Crippen LogP contribution in [0.2, 0.25) is 0 Å². The number of hydrogen-bond acceptors (Lipinski definition) is 5. The van der Waals surface area contributed by atoms with E-state index in [9.17, 15) is 13.2 Å². The van der Waals surface area contributed by atoms with Crippen LogP contribution in [0.1, 0.15) is 0 Å². The van der Waals surface area contributed by atoms with Gasteiger partial charge in [-0.25, -0.2) is 4.31 Å². The van der Waals surface area contributed by atoms with Crippen LogP contribution >= 0.6 is 0 Å². The lowest BCUT2D eigenvalue weighted by atomic mass is 10.2. The summed E-state index contributed by atoms with van der Waals surface area (Å²) in [5.74, 6) is 0.772. The van der Waals surface area contributed by atoms with Gasteiger partial charge >= 0.3 is 10.2 Å². The van der Waals surface area contributed by atoms with Crippen molar-refractivity contribution in [1.29, 1.82) is 0 Å². The number of anilines is 2. The zero-order valence-electron chi connectivity index (χ0n) is 14.7. The molecule has 4 rings (SSSR count). The zero-order chi connectivity index (χ0) is 19.0. The van der Waals surface area contributed by atoms with E-state index >= 15 is 0 Å². The molecule has 0 bridgehead atoms. The first-order chi connectivity index (χ1) is 13.0. The Morgan fingerprint density at radius 2 is 1.78 bits per heavy atom. The van der Waals surface area contributed by atoms with Crippen LogP contribution in [0.3, 0.4) is 0 Å². The van der Waals surface area contributed by atoms with Crippen molar-refractivity contribution < 1.29 is 22.7 Å². The van der Waals surface area contributed by atoms with Gasteiger partial charge < -0.3 is 14.8 Å². The predicted octanol–water partition coefficient (Wildman–Crippen LogP) is 1.14. The van der Waals surface area contributed by atoms with Crippen LogP contribution in [0.15, 0.2) is 48.5 Å². The van der Waals surface area contributed by atoms with Crippen LogP contribution < -0.4 is 23.4 Å². The van der Waals surface area contributed by atoms with Crippen molar-refractivity contribution in [2.24, 2.45) is 0 Å². The zero-order valence-corrected chi connectivity index (χ0v) is 15.5. The van der Waals surface area contributed by atoms with E-state index in [-0.39, 0.29) is 25.6 Å². The van der Waals surface area contributed by atoms with Gasteiger partial charge in [-0.05, 0) is 24.3 Å². The number of amides is 1. The molecule has 0 spiro atoms. The molecule has 2 aromatic carbocycles. The molecule has 0 radical (unpaired) electrons. The number of hydrogen-bond donors (Lipinski definition) is 1. The highest BCUT2D eigenvalue weighted by molar-refractivity contribution is 7.94. The van der Waals surface area contributed by atoms with Crippen molar-refractivity contribution in [2.75, 3.05) is 35.4 Å². The van der Waals surface area contributed by atoms with Gasteiger partial charge in [0.1, 0.15) is 6.61 Å². The molecule has 0 aliphatic carbocycles. The molecule has 0 fully saturated rings. The second kappa shape index (κ2) is 6.66. The summed E-state index contributed by atoms with van der Waals surface area (Å²) in [4.78, 5) is 12.4. The predicted molar refractivity (Wildman–Crippen MR) is 100 cm³/mol. The van der Waals surface area contributed by atoms with E-state index in [1.807, 2.05) is 6.07 Å². The first-order valence-corrected chi connectivity index (χ1v) is 9.90. The number of fused-ring (bicyclic) bond motifs is 2. The molecule has 8 nitrogen and oxygen atoms in total. The van der Waals surface area contributed by atoms with Crippen LogP contribution in [0.5, 0.6) is 11.5 Å². The lowest BCUT2D eigenvalue weighted by molar-refractivity contribution is -0.130. The number of para-hydroxylation sites is 4. The minimum atomic E-state index is -3.63. The molecule has 2 aliphatic heterocycles. The van der Waals surface area contributed by atoms with Crippen molar-refractivity contribution >= 4 is 27.5 Å². The van der Waals surface area contributed by atoms with E-state index in [2.05, 4.69) is 5.32 Å². The van der Waals surface area contributed by atoms with Crippen molar-refractivity contribution in [1.82, 2.24) is 5.32 Å². The van der Waals surface area contributed by atoms with E-state index in [4.69, 9.17) is 9.47 Å². The van der Waals surface area contributed by atoms with Gasteiger partial charge in [-0.2, -0.15) is 8.42 Å². The normalized spacial score (nSPS) is 19.5. The Labute approximate surface area is 157 Å². The minimum Gasteiger partial charge on any atom is -0.485 e. The highest BCUT2D eigenvalue weighted by atomic mass is 32.2. The second-order valence-electron chi connectivity index (χ2n) is 6.19. The largest absolute Gasteiger partial charge is 0.485 e. The molecular formula is C18H19N3O5S. The highest BCUT2D eigenvalue weighted by Crippen LogP contribution is 2.39. The summed E-state index contributed by atoms with van der Waals surface area (Å²) in [5, 5.41) is 2.72. The summed E-state index contributed by atoms with van der Waals surface area (Å²) in [6.07, 6.45) is -0.773. The lowest BCUT2D eigenvalue weighted by Gasteiger charge is -2.26. The molecule has 142 valence electrons. The Balaban J connectivity index is 1.38. The third-order valence-corrected chi connectivity index (χ3v) is 6.35. The van der Waals surface area contributed by atoms with E-state index in [1.165, 1.54) is 15.7 Å². The molecule has 1 N–H and O–H groups in total. The maximum absolute atomic E-state index is 12.6. The second-order valence-corrected chi connectivity index (χ2v) is 8.08. The SMILES string of the molecule is CN1c2ccccc2N(CCNC(=O)[C@H]2COc3ccccc3O2)S1(=O)=O. The van der Waals surface area contributed by atoms with Gasteiger partial charge in [0.05, 0.1) is 17.9 Å². The van der Waals surface area contributed by atoms with Crippen LogP contribution in [0.25, 0.3) is 0 Å². The first kappa shape index (κ1) is 17.5. The Hall–Kier alpha value is -2.94. The lowest BCUT2D eigenvalue weighted by Crippen LogP contribution is -2.47. The average Bonchev–Trinajstić information content (AvgIpc) is 2.88. The fraction of sp³-hybridized carbons (Fsp3) is 0.278. The number of rotatable bonds is 4. The summed E-state index contributed by atoms with van der Waals surface area (Å²) >= 11 is 0. The number of carbonyl (C=O) groups excluding carboxylic acids is 1. The molecule has 0 unspecified atom stereocenters. The standard InChI is InChI=1S/C18H19N3O5S/c1-20-13-6-2-3-7-14(13)21(27(20,23)24)11-10-19-18(22)17-12-25-15-8-4-5-9-16(15)26-17/h2-9,17H,10-12H2,1H3,(H,19,22)/t17-/m1/s1. The molecular weight excluding hydrogens is 370 g/mol. The Morgan fingerprint density at radius 3 is 2.56 bits per heavy atom. The van der Waals surface area contributed by atoms with Crippen LogP contribution in [-0.4, -0.2) is 47.2 Å². The molecule has 0 aromatic heterocycles. The van der Waals surface area contributed by atoms with Gasteiger partial charge in [0.25, 0.3) is 5.91 Å². The molecule has 2 heterocycles. The summed E-state index contributed by atoms with van der Waals surface area (Å²) < 4.78 is 38.8. The molecule has 0 saturated heterocycles. The highest BCUT2D eigenvalue weighted by Gasteiger charge is 2.37. The monoisotopic (exact) mass is 389 g/mol. The summed E-state index contributed by atoms with van der Waals surface area (Å²) in [7, 11) is -2.12. The number of nitrogens with zero attached hydrogens (tertiary/aromatic N) is 2.